The fourth-order valence-corrected chi connectivity index (χ4v) is 4.81. The van der Waals surface area contributed by atoms with E-state index in [0.717, 1.165) is 10.0 Å². The lowest BCUT2D eigenvalue weighted by atomic mass is 10.0. The summed E-state index contributed by atoms with van der Waals surface area (Å²) in [5.74, 6) is -0.278. The molecule has 0 aliphatic carbocycles. The van der Waals surface area contributed by atoms with Crippen molar-refractivity contribution in [3.63, 3.8) is 0 Å². The minimum atomic E-state index is -0.920. The monoisotopic (exact) mass is 461 g/mol. The van der Waals surface area contributed by atoms with Crippen molar-refractivity contribution < 1.29 is 19.4 Å². The first-order valence-electron chi connectivity index (χ1n) is 9.14. The molecular formula is C22H20ClNO4S2. The van der Waals surface area contributed by atoms with Gasteiger partial charge in [0.15, 0.2) is 10.1 Å². The molecule has 5 nitrogen and oxygen atoms in total. The lowest BCUT2D eigenvalue weighted by molar-refractivity contribution is -0.138. The number of ether oxygens (including phenoxy) is 1. The van der Waals surface area contributed by atoms with Crippen LogP contribution >= 0.6 is 34.7 Å². The lowest BCUT2D eigenvalue weighted by Crippen LogP contribution is -2.26. The van der Waals surface area contributed by atoms with Crippen LogP contribution in [0.2, 0.25) is 5.02 Å². The average Bonchev–Trinajstić information content (AvgIpc) is 3.15. The number of thioether (sulfide) groups is 1. The average molecular weight is 462 g/mol. The summed E-state index contributed by atoms with van der Waals surface area (Å²) < 4.78 is 5.55. The predicted molar refractivity (Wildman–Crippen MR) is 120 cm³/mol. The van der Waals surface area contributed by atoms with E-state index < -0.39 is 10.7 Å². The third-order valence-electron chi connectivity index (χ3n) is 4.24. The van der Waals surface area contributed by atoms with Gasteiger partial charge in [-0.25, -0.2) is 4.98 Å². The molecule has 1 heterocycles. The number of carboxylic acids is 1. The minimum Gasteiger partial charge on any atom is -0.493 e. The lowest BCUT2D eigenvalue weighted by Gasteiger charge is -2.15. The van der Waals surface area contributed by atoms with Gasteiger partial charge in [-0.2, -0.15) is 0 Å². The highest BCUT2D eigenvalue weighted by Crippen LogP contribution is 2.34. The molecule has 0 aliphatic rings. The summed E-state index contributed by atoms with van der Waals surface area (Å²) in [6.07, 6.45) is 0.607. The van der Waals surface area contributed by atoms with Crippen LogP contribution in [0.5, 0.6) is 5.75 Å². The number of carbonyl (C=O) groups excluding carboxylic acids is 1. The van der Waals surface area contributed by atoms with Crippen molar-refractivity contribution in [3.05, 3.63) is 75.8 Å². The van der Waals surface area contributed by atoms with Crippen LogP contribution in [0.3, 0.4) is 0 Å². The Morgan fingerprint density at radius 1 is 1.10 bits per heavy atom. The van der Waals surface area contributed by atoms with E-state index in [1.807, 2.05) is 5.38 Å². The number of hydrogen-bond acceptors (Lipinski definition) is 6. The first-order chi connectivity index (χ1) is 14.2. The summed E-state index contributed by atoms with van der Waals surface area (Å²) in [6, 6.07) is 13.8. The molecule has 1 aromatic heterocycles. The Kier molecular flexibility index (Phi) is 7.18. The van der Waals surface area contributed by atoms with Gasteiger partial charge in [0.25, 0.3) is 0 Å². The van der Waals surface area contributed by atoms with Gasteiger partial charge in [-0.15, -0.1) is 11.3 Å². The quantitative estimate of drug-likeness (QED) is 0.330. The highest BCUT2D eigenvalue weighted by molar-refractivity contribution is 8.02. The Morgan fingerprint density at radius 2 is 1.70 bits per heavy atom. The zero-order chi connectivity index (χ0) is 21.7. The van der Waals surface area contributed by atoms with Gasteiger partial charge in [0.05, 0.1) is 12.3 Å². The SMILES string of the molecule is CC(C)(Sc1nc(CCOc2ccc(C(=O)c3ccc(Cl)cc3)cc2)cs1)C(=O)O. The zero-order valence-corrected chi connectivity index (χ0v) is 18.8. The second kappa shape index (κ2) is 9.64. The molecule has 0 saturated carbocycles. The Bertz CT molecular complexity index is 1030. The molecule has 0 spiro atoms. The van der Waals surface area contributed by atoms with Crippen molar-refractivity contribution in [3.8, 4) is 5.75 Å². The number of nitrogens with zero attached hydrogens (tertiary/aromatic N) is 1. The molecule has 1 N–H and O–H groups in total. The van der Waals surface area contributed by atoms with Crippen LogP contribution in [0.4, 0.5) is 0 Å². The molecule has 0 fully saturated rings. The van der Waals surface area contributed by atoms with E-state index in [4.69, 9.17) is 16.3 Å². The fraction of sp³-hybridized carbons (Fsp3) is 0.227. The van der Waals surface area contributed by atoms with Crippen LogP contribution in [-0.2, 0) is 11.2 Å². The first-order valence-corrected chi connectivity index (χ1v) is 11.2. The van der Waals surface area contributed by atoms with Gasteiger partial charge in [0.1, 0.15) is 10.5 Å². The number of carboxylic acid groups (broad SMARTS) is 1. The van der Waals surface area contributed by atoms with Crippen molar-refractivity contribution in [1.82, 2.24) is 4.98 Å². The number of aliphatic carboxylic acids is 1. The molecule has 0 unspecified atom stereocenters. The standard InChI is InChI=1S/C22H20ClNO4S2/c1-22(2,20(26)27)30-21-24-17(13-29-21)11-12-28-18-9-5-15(6-10-18)19(25)14-3-7-16(23)8-4-14/h3-10,13H,11-12H2,1-2H3,(H,26,27). The molecular weight excluding hydrogens is 442 g/mol. The van der Waals surface area contributed by atoms with Gasteiger partial charge in [-0.3, -0.25) is 9.59 Å². The van der Waals surface area contributed by atoms with Gasteiger partial charge in [-0.05, 0) is 62.4 Å². The van der Waals surface area contributed by atoms with E-state index >= 15 is 0 Å². The van der Waals surface area contributed by atoms with Crippen LogP contribution < -0.4 is 4.74 Å². The van der Waals surface area contributed by atoms with E-state index in [1.54, 1.807) is 62.4 Å². The molecule has 3 aromatic rings. The maximum absolute atomic E-state index is 12.5. The Labute approximate surface area is 188 Å². The number of aromatic nitrogens is 1. The molecule has 30 heavy (non-hydrogen) atoms. The molecule has 0 bridgehead atoms. The summed E-state index contributed by atoms with van der Waals surface area (Å²) in [4.78, 5) is 28.2. The number of benzene rings is 2. The Morgan fingerprint density at radius 3 is 2.30 bits per heavy atom. The number of halogens is 1. The maximum Gasteiger partial charge on any atom is 0.319 e. The second-order valence-electron chi connectivity index (χ2n) is 6.98. The molecule has 2 aromatic carbocycles. The molecule has 0 saturated heterocycles. The smallest absolute Gasteiger partial charge is 0.319 e. The third kappa shape index (κ3) is 5.84. The summed E-state index contributed by atoms with van der Waals surface area (Å²) in [7, 11) is 0. The van der Waals surface area contributed by atoms with Crippen molar-refractivity contribution in [2.24, 2.45) is 0 Å². The van der Waals surface area contributed by atoms with E-state index in [0.29, 0.717) is 34.9 Å². The van der Waals surface area contributed by atoms with Gasteiger partial charge in [0.2, 0.25) is 0 Å². The van der Waals surface area contributed by atoms with Gasteiger partial charge in [0, 0.05) is 28.0 Å². The Hall–Kier alpha value is -2.35. The Balaban J connectivity index is 1.52. The molecule has 8 heteroatoms. The van der Waals surface area contributed by atoms with Crippen molar-refractivity contribution >= 4 is 46.5 Å². The van der Waals surface area contributed by atoms with E-state index in [9.17, 15) is 14.7 Å². The predicted octanol–water partition coefficient (Wildman–Crippen LogP) is 5.60. The molecule has 0 amide bonds. The molecule has 0 atom stereocenters. The summed E-state index contributed by atoms with van der Waals surface area (Å²) in [5, 5.41) is 11.7. The number of rotatable bonds is 9. The van der Waals surface area contributed by atoms with Crippen LogP contribution in [0.15, 0.2) is 58.3 Å². The summed E-state index contributed by atoms with van der Waals surface area (Å²) in [5.41, 5.74) is 2.02. The van der Waals surface area contributed by atoms with Crippen LogP contribution in [0.1, 0.15) is 35.5 Å². The second-order valence-corrected chi connectivity index (χ2v) is 10.1. The van der Waals surface area contributed by atoms with Crippen molar-refractivity contribution in [2.45, 2.75) is 29.4 Å². The van der Waals surface area contributed by atoms with Crippen molar-refractivity contribution in [2.75, 3.05) is 6.61 Å². The van der Waals surface area contributed by atoms with Crippen LogP contribution in [-0.4, -0.2) is 33.2 Å². The highest BCUT2D eigenvalue weighted by Gasteiger charge is 2.29. The van der Waals surface area contributed by atoms with Crippen LogP contribution in [0, 0.1) is 0 Å². The van der Waals surface area contributed by atoms with Crippen molar-refractivity contribution in [1.29, 1.82) is 0 Å². The fourth-order valence-electron chi connectivity index (χ4n) is 2.46. The summed E-state index contributed by atoms with van der Waals surface area (Å²) >= 11 is 8.53. The van der Waals surface area contributed by atoms with Gasteiger partial charge < -0.3 is 9.84 Å². The van der Waals surface area contributed by atoms with E-state index in [1.165, 1.54) is 23.1 Å². The summed E-state index contributed by atoms with van der Waals surface area (Å²) in [6.45, 7) is 3.75. The van der Waals surface area contributed by atoms with Crippen LogP contribution in [0.25, 0.3) is 0 Å². The first kappa shape index (κ1) is 22.3. The van der Waals surface area contributed by atoms with E-state index in [-0.39, 0.29) is 5.78 Å². The zero-order valence-electron chi connectivity index (χ0n) is 16.4. The normalized spacial score (nSPS) is 11.3. The molecule has 156 valence electrons. The van der Waals surface area contributed by atoms with Gasteiger partial charge >= 0.3 is 5.97 Å². The number of hydrogen-bond donors (Lipinski definition) is 1. The molecule has 3 rings (SSSR count). The van der Waals surface area contributed by atoms with Gasteiger partial charge in [-0.1, -0.05) is 23.4 Å². The number of thiazole rings is 1. The minimum absolute atomic E-state index is 0.0741. The van der Waals surface area contributed by atoms with E-state index in [2.05, 4.69) is 4.98 Å². The highest BCUT2D eigenvalue weighted by atomic mass is 35.5. The molecule has 0 radical (unpaired) electrons. The number of carbonyl (C=O) groups is 2. The maximum atomic E-state index is 12.5. The topological polar surface area (TPSA) is 76.5 Å². The molecule has 0 aliphatic heterocycles. The third-order valence-corrected chi connectivity index (χ3v) is 6.66. The number of ketones is 1. The largest absolute Gasteiger partial charge is 0.493 e.